The second-order valence-electron chi connectivity index (χ2n) is 8.51. The van der Waals surface area contributed by atoms with E-state index in [-0.39, 0.29) is 11.6 Å². The van der Waals surface area contributed by atoms with Crippen molar-refractivity contribution in [2.45, 2.75) is 33.0 Å². The van der Waals surface area contributed by atoms with Gasteiger partial charge >= 0.3 is 6.18 Å². The number of nitrogens with one attached hydrogen (secondary N) is 1. The lowest BCUT2D eigenvalue weighted by atomic mass is 10.1. The highest BCUT2D eigenvalue weighted by molar-refractivity contribution is 7.17. The highest BCUT2D eigenvalue weighted by Gasteiger charge is 2.39. The Morgan fingerprint density at radius 1 is 0.972 bits per heavy atom. The average Bonchev–Trinajstić information content (AvgIpc) is 3.33. The highest BCUT2D eigenvalue weighted by atomic mass is 32.1. The number of aromatic nitrogens is 1. The number of amides is 1. The van der Waals surface area contributed by atoms with Gasteiger partial charge in [-0.15, -0.1) is 11.3 Å². The summed E-state index contributed by atoms with van der Waals surface area (Å²) in [5.74, 6) is -0.759. The minimum absolute atomic E-state index is 0.174. The lowest BCUT2D eigenvalue weighted by Crippen LogP contribution is -2.27. The van der Waals surface area contributed by atoms with E-state index in [4.69, 9.17) is 0 Å². The summed E-state index contributed by atoms with van der Waals surface area (Å²) in [6.07, 6.45) is -4.21. The molecule has 0 aliphatic carbocycles. The SMILES string of the molecule is CCN(CC)Cc1cccc(CCNC(=O)c2sc(-c3cccc4ccccc34)nc2C(F)(F)F)c1. The summed E-state index contributed by atoms with van der Waals surface area (Å²) in [4.78, 5) is 18.6. The van der Waals surface area contributed by atoms with Crippen molar-refractivity contribution in [3.05, 3.63) is 88.4 Å². The van der Waals surface area contributed by atoms with E-state index in [9.17, 15) is 18.0 Å². The van der Waals surface area contributed by atoms with Crippen LogP contribution in [-0.4, -0.2) is 35.4 Å². The second-order valence-corrected chi connectivity index (χ2v) is 9.51. The summed E-state index contributed by atoms with van der Waals surface area (Å²) in [7, 11) is 0. The maximum atomic E-state index is 13.8. The normalized spacial score (nSPS) is 11.8. The van der Waals surface area contributed by atoms with Gasteiger partial charge in [0.25, 0.3) is 5.91 Å². The molecule has 0 fully saturated rings. The fourth-order valence-electron chi connectivity index (χ4n) is 4.18. The van der Waals surface area contributed by atoms with E-state index >= 15 is 0 Å². The number of rotatable bonds is 9. The molecule has 0 radical (unpaired) electrons. The second kappa shape index (κ2) is 11.2. The van der Waals surface area contributed by atoms with Crippen LogP contribution in [0.4, 0.5) is 13.2 Å². The number of nitrogens with zero attached hydrogens (tertiary/aromatic N) is 2. The number of alkyl halides is 3. The Morgan fingerprint density at radius 2 is 1.67 bits per heavy atom. The Labute approximate surface area is 212 Å². The molecule has 36 heavy (non-hydrogen) atoms. The van der Waals surface area contributed by atoms with Gasteiger partial charge in [-0.3, -0.25) is 9.69 Å². The molecule has 4 rings (SSSR count). The van der Waals surface area contributed by atoms with Crippen LogP contribution in [0.2, 0.25) is 0 Å². The number of fused-ring (bicyclic) bond motifs is 1. The summed E-state index contributed by atoms with van der Waals surface area (Å²) in [5, 5.41) is 4.53. The standard InChI is InChI=1S/C28H28F3N3OS/c1-3-34(4-2)18-20-10-7-9-19(17-20)15-16-32-26(35)24-25(28(29,30)31)33-27(36-24)23-14-8-12-21-11-5-6-13-22(21)23/h5-14,17H,3-4,15-16,18H2,1-2H3,(H,32,35). The predicted octanol–water partition coefficient (Wildman–Crippen LogP) is 6.80. The molecule has 0 aliphatic rings. The number of carbonyl (C=O) groups excluding carboxylic acids is 1. The first-order chi connectivity index (χ1) is 17.3. The van der Waals surface area contributed by atoms with E-state index in [1.165, 1.54) is 5.56 Å². The van der Waals surface area contributed by atoms with Gasteiger partial charge in [-0.1, -0.05) is 80.6 Å². The fourth-order valence-corrected chi connectivity index (χ4v) is 5.22. The molecule has 0 spiro atoms. The number of carbonyl (C=O) groups is 1. The van der Waals surface area contributed by atoms with Crippen LogP contribution in [0.5, 0.6) is 0 Å². The molecule has 0 unspecified atom stereocenters. The van der Waals surface area contributed by atoms with Crippen molar-refractivity contribution in [1.29, 1.82) is 0 Å². The van der Waals surface area contributed by atoms with Crippen molar-refractivity contribution in [3.63, 3.8) is 0 Å². The van der Waals surface area contributed by atoms with Gasteiger partial charge in [-0.05, 0) is 41.4 Å². The molecule has 4 nitrogen and oxygen atoms in total. The van der Waals surface area contributed by atoms with Gasteiger partial charge in [0.05, 0.1) is 0 Å². The van der Waals surface area contributed by atoms with Crippen molar-refractivity contribution in [1.82, 2.24) is 15.2 Å². The van der Waals surface area contributed by atoms with E-state index in [0.29, 0.717) is 12.0 Å². The third-order valence-electron chi connectivity index (χ3n) is 6.11. The molecule has 0 saturated carbocycles. The van der Waals surface area contributed by atoms with Crippen molar-refractivity contribution < 1.29 is 18.0 Å². The summed E-state index contributed by atoms with van der Waals surface area (Å²) in [6.45, 7) is 7.20. The Morgan fingerprint density at radius 3 is 2.42 bits per heavy atom. The number of thiazole rings is 1. The molecule has 0 atom stereocenters. The first-order valence-electron chi connectivity index (χ1n) is 11.9. The molecule has 3 aromatic carbocycles. The zero-order valence-corrected chi connectivity index (χ0v) is 21.0. The molecular weight excluding hydrogens is 483 g/mol. The third-order valence-corrected chi connectivity index (χ3v) is 7.20. The van der Waals surface area contributed by atoms with Crippen LogP contribution in [0.25, 0.3) is 21.3 Å². The van der Waals surface area contributed by atoms with Crippen molar-refractivity contribution in [3.8, 4) is 10.6 Å². The van der Waals surface area contributed by atoms with Crippen molar-refractivity contribution >= 4 is 28.0 Å². The van der Waals surface area contributed by atoms with E-state index < -0.39 is 22.7 Å². The fraction of sp³-hybridized carbons (Fsp3) is 0.286. The first-order valence-corrected chi connectivity index (χ1v) is 12.8. The summed E-state index contributed by atoms with van der Waals surface area (Å²) >= 11 is 0.774. The number of hydrogen-bond acceptors (Lipinski definition) is 4. The molecule has 1 aromatic heterocycles. The summed E-state index contributed by atoms with van der Waals surface area (Å²) in [5.41, 5.74) is 1.63. The van der Waals surface area contributed by atoms with Gasteiger partial charge in [-0.2, -0.15) is 13.2 Å². The minimum Gasteiger partial charge on any atom is -0.351 e. The molecule has 1 N–H and O–H groups in total. The van der Waals surface area contributed by atoms with Crippen molar-refractivity contribution in [2.24, 2.45) is 0 Å². The Balaban J connectivity index is 1.51. The number of benzene rings is 3. The van der Waals surface area contributed by atoms with Crippen molar-refractivity contribution in [2.75, 3.05) is 19.6 Å². The summed E-state index contributed by atoms with van der Waals surface area (Å²) in [6, 6.07) is 20.9. The zero-order chi connectivity index (χ0) is 25.7. The maximum Gasteiger partial charge on any atom is 0.435 e. The van der Waals surface area contributed by atoms with E-state index in [0.717, 1.165) is 47.3 Å². The topological polar surface area (TPSA) is 45.2 Å². The Kier molecular flexibility index (Phi) is 8.06. The first kappa shape index (κ1) is 25.9. The van der Waals surface area contributed by atoms with Crippen LogP contribution in [0, 0.1) is 0 Å². The Hall–Kier alpha value is -3.23. The minimum atomic E-state index is -4.73. The van der Waals surface area contributed by atoms with Crippen LogP contribution in [-0.2, 0) is 19.1 Å². The number of hydrogen-bond donors (Lipinski definition) is 1. The number of halogens is 3. The van der Waals surface area contributed by atoms with Gasteiger partial charge in [-0.25, -0.2) is 4.98 Å². The zero-order valence-electron chi connectivity index (χ0n) is 20.2. The monoisotopic (exact) mass is 511 g/mol. The molecule has 0 bridgehead atoms. The lowest BCUT2D eigenvalue weighted by molar-refractivity contribution is -0.141. The van der Waals surface area contributed by atoms with E-state index in [1.807, 2.05) is 42.5 Å². The lowest BCUT2D eigenvalue weighted by Gasteiger charge is -2.18. The van der Waals surface area contributed by atoms with Crippen LogP contribution in [0.1, 0.15) is 40.3 Å². The molecule has 0 aliphatic heterocycles. The summed E-state index contributed by atoms with van der Waals surface area (Å²) < 4.78 is 41.4. The predicted molar refractivity (Wildman–Crippen MR) is 139 cm³/mol. The maximum absolute atomic E-state index is 13.8. The van der Waals surface area contributed by atoms with Gasteiger partial charge < -0.3 is 5.32 Å². The van der Waals surface area contributed by atoms with Crippen LogP contribution in [0.15, 0.2) is 66.7 Å². The average molecular weight is 512 g/mol. The molecular formula is C28H28F3N3OS. The molecule has 188 valence electrons. The van der Waals surface area contributed by atoms with Crippen LogP contribution in [0.3, 0.4) is 0 Å². The third kappa shape index (κ3) is 5.94. The largest absolute Gasteiger partial charge is 0.435 e. The molecule has 0 saturated heterocycles. The molecule has 1 amide bonds. The van der Waals surface area contributed by atoms with E-state index in [2.05, 4.69) is 41.2 Å². The molecule has 8 heteroatoms. The van der Waals surface area contributed by atoms with Gasteiger partial charge in [0, 0.05) is 18.7 Å². The molecule has 1 heterocycles. The van der Waals surface area contributed by atoms with E-state index in [1.54, 1.807) is 12.1 Å². The highest BCUT2D eigenvalue weighted by Crippen LogP contribution is 2.39. The van der Waals surface area contributed by atoms with Crippen LogP contribution < -0.4 is 5.32 Å². The quantitative estimate of drug-likeness (QED) is 0.269. The van der Waals surface area contributed by atoms with Gasteiger partial charge in [0.15, 0.2) is 5.69 Å². The Bertz CT molecular complexity index is 1340. The van der Waals surface area contributed by atoms with Crippen LogP contribution >= 0.6 is 11.3 Å². The van der Waals surface area contributed by atoms with Gasteiger partial charge in [0.1, 0.15) is 9.88 Å². The molecule has 4 aromatic rings. The smallest absolute Gasteiger partial charge is 0.351 e. The van der Waals surface area contributed by atoms with Gasteiger partial charge in [0.2, 0.25) is 0 Å².